The highest BCUT2D eigenvalue weighted by atomic mass is 16.5. The first kappa shape index (κ1) is 15.3. The number of nitrogens with one attached hydrogen (secondary N) is 1. The third-order valence-corrected chi connectivity index (χ3v) is 3.18. The molecule has 1 N–H and O–H groups in total. The Labute approximate surface area is 125 Å². The standard InChI is InChI=1S/C16H21N3O2/c1-4-5-19-16(15-11-17-6-7-18-15)12-8-13(20-2)10-14(9-12)21-3/h6-11,16,19H,4-5H2,1-3H3. The summed E-state index contributed by atoms with van der Waals surface area (Å²) < 4.78 is 10.7. The number of methoxy groups -OCH3 is 2. The number of hydrogen-bond donors (Lipinski definition) is 1. The maximum absolute atomic E-state index is 5.34. The molecular formula is C16H21N3O2. The number of rotatable bonds is 7. The van der Waals surface area contributed by atoms with Gasteiger partial charge in [-0.3, -0.25) is 9.97 Å². The van der Waals surface area contributed by atoms with Crippen LogP contribution < -0.4 is 14.8 Å². The molecule has 21 heavy (non-hydrogen) atoms. The van der Waals surface area contributed by atoms with E-state index in [1.54, 1.807) is 32.8 Å². The Bertz CT molecular complexity index is 538. The van der Waals surface area contributed by atoms with Gasteiger partial charge < -0.3 is 14.8 Å². The number of nitrogens with zero attached hydrogens (tertiary/aromatic N) is 2. The van der Waals surface area contributed by atoms with Gasteiger partial charge in [-0.15, -0.1) is 0 Å². The molecule has 0 aliphatic heterocycles. The molecule has 2 aromatic rings. The van der Waals surface area contributed by atoms with Gasteiger partial charge in [-0.25, -0.2) is 0 Å². The van der Waals surface area contributed by atoms with Crippen LogP contribution in [0.5, 0.6) is 11.5 Å². The summed E-state index contributed by atoms with van der Waals surface area (Å²) in [6.07, 6.45) is 6.19. The molecule has 0 aliphatic rings. The zero-order valence-corrected chi connectivity index (χ0v) is 12.7. The Balaban J connectivity index is 2.40. The van der Waals surface area contributed by atoms with Crippen LogP contribution in [0.25, 0.3) is 0 Å². The van der Waals surface area contributed by atoms with E-state index >= 15 is 0 Å². The van der Waals surface area contributed by atoms with Gasteiger partial charge in [0.1, 0.15) is 11.5 Å². The molecule has 0 saturated carbocycles. The molecule has 2 rings (SSSR count). The van der Waals surface area contributed by atoms with Crippen LogP contribution >= 0.6 is 0 Å². The van der Waals surface area contributed by atoms with Crippen molar-refractivity contribution in [3.8, 4) is 11.5 Å². The van der Waals surface area contributed by atoms with Crippen molar-refractivity contribution < 1.29 is 9.47 Å². The predicted molar refractivity (Wildman–Crippen MR) is 81.7 cm³/mol. The van der Waals surface area contributed by atoms with Gasteiger partial charge in [-0.2, -0.15) is 0 Å². The summed E-state index contributed by atoms with van der Waals surface area (Å²) in [6, 6.07) is 5.80. The van der Waals surface area contributed by atoms with E-state index in [9.17, 15) is 0 Å². The lowest BCUT2D eigenvalue weighted by Crippen LogP contribution is -2.24. The zero-order chi connectivity index (χ0) is 15.1. The minimum Gasteiger partial charge on any atom is -0.497 e. The largest absolute Gasteiger partial charge is 0.497 e. The van der Waals surface area contributed by atoms with Crippen molar-refractivity contribution in [1.29, 1.82) is 0 Å². The molecular weight excluding hydrogens is 266 g/mol. The monoisotopic (exact) mass is 287 g/mol. The summed E-state index contributed by atoms with van der Waals surface area (Å²) in [6.45, 7) is 3.02. The maximum atomic E-state index is 5.34. The van der Waals surface area contributed by atoms with E-state index in [1.165, 1.54) is 0 Å². The van der Waals surface area contributed by atoms with Gasteiger partial charge in [0, 0.05) is 18.5 Å². The van der Waals surface area contributed by atoms with Crippen LogP contribution in [0.1, 0.15) is 30.6 Å². The molecule has 0 spiro atoms. The van der Waals surface area contributed by atoms with Crippen LogP contribution in [0.4, 0.5) is 0 Å². The third-order valence-electron chi connectivity index (χ3n) is 3.18. The Morgan fingerprint density at radius 2 is 1.81 bits per heavy atom. The average molecular weight is 287 g/mol. The summed E-state index contributed by atoms with van der Waals surface area (Å²) in [5, 5.41) is 3.49. The SMILES string of the molecule is CCCNC(c1cc(OC)cc(OC)c1)c1cnccn1. The minimum atomic E-state index is -0.0392. The second kappa shape index (κ2) is 7.59. The van der Waals surface area contributed by atoms with E-state index in [0.29, 0.717) is 0 Å². The second-order valence-electron chi connectivity index (χ2n) is 4.66. The van der Waals surface area contributed by atoms with Crippen molar-refractivity contribution in [3.05, 3.63) is 48.0 Å². The van der Waals surface area contributed by atoms with Crippen molar-refractivity contribution in [3.63, 3.8) is 0 Å². The minimum absolute atomic E-state index is 0.0392. The molecule has 0 saturated heterocycles. The van der Waals surface area contributed by atoms with Crippen LogP contribution in [0.3, 0.4) is 0 Å². The molecule has 0 amide bonds. The Kier molecular flexibility index (Phi) is 5.51. The molecule has 112 valence electrons. The number of benzene rings is 1. The fourth-order valence-electron chi connectivity index (χ4n) is 2.14. The lowest BCUT2D eigenvalue weighted by Gasteiger charge is -2.19. The molecule has 1 aromatic heterocycles. The van der Waals surface area contributed by atoms with Gasteiger partial charge in [0.2, 0.25) is 0 Å². The van der Waals surface area contributed by atoms with Crippen LogP contribution in [-0.2, 0) is 0 Å². The summed E-state index contributed by atoms with van der Waals surface area (Å²) in [4.78, 5) is 8.57. The normalized spacial score (nSPS) is 12.0. The van der Waals surface area contributed by atoms with Crippen molar-refractivity contribution in [2.24, 2.45) is 0 Å². The van der Waals surface area contributed by atoms with Crippen molar-refractivity contribution in [1.82, 2.24) is 15.3 Å². The second-order valence-corrected chi connectivity index (χ2v) is 4.66. The van der Waals surface area contributed by atoms with Crippen LogP contribution in [-0.4, -0.2) is 30.7 Å². The van der Waals surface area contributed by atoms with Crippen LogP contribution in [0.2, 0.25) is 0 Å². The van der Waals surface area contributed by atoms with Crippen molar-refractivity contribution >= 4 is 0 Å². The fraction of sp³-hybridized carbons (Fsp3) is 0.375. The average Bonchev–Trinajstić information content (AvgIpc) is 2.55. The molecule has 1 atom stereocenters. The fourth-order valence-corrected chi connectivity index (χ4v) is 2.14. The van der Waals surface area contributed by atoms with E-state index in [0.717, 1.165) is 35.7 Å². The molecule has 5 heteroatoms. The van der Waals surface area contributed by atoms with Crippen molar-refractivity contribution in [2.75, 3.05) is 20.8 Å². The topological polar surface area (TPSA) is 56.3 Å². The van der Waals surface area contributed by atoms with Crippen molar-refractivity contribution in [2.45, 2.75) is 19.4 Å². The van der Waals surface area contributed by atoms with Gasteiger partial charge >= 0.3 is 0 Å². The lowest BCUT2D eigenvalue weighted by atomic mass is 10.0. The van der Waals surface area contributed by atoms with Gasteiger partial charge in [0.15, 0.2) is 0 Å². The molecule has 5 nitrogen and oxygen atoms in total. The molecule has 0 aliphatic carbocycles. The number of ether oxygens (including phenoxy) is 2. The van der Waals surface area contributed by atoms with Crippen LogP contribution in [0, 0.1) is 0 Å². The first-order chi connectivity index (χ1) is 10.3. The quantitative estimate of drug-likeness (QED) is 0.848. The molecule has 0 bridgehead atoms. The molecule has 1 heterocycles. The maximum Gasteiger partial charge on any atom is 0.122 e. The zero-order valence-electron chi connectivity index (χ0n) is 12.7. The van der Waals surface area contributed by atoms with E-state index < -0.39 is 0 Å². The molecule has 1 unspecified atom stereocenters. The van der Waals surface area contributed by atoms with E-state index in [2.05, 4.69) is 22.2 Å². The summed E-state index contributed by atoms with van der Waals surface area (Å²) in [5.74, 6) is 1.52. The highest BCUT2D eigenvalue weighted by molar-refractivity contribution is 5.41. The Hall–Kier alpha value is -2.14. The number of aromatic nitrogens is 2. The smallest absolute Gasteiger partial charge is 0.122 e. The van der Waals surface area contributed by atoms with Gasteiger partial charge in [0.25, 0.3) is 0 Å². The molecule has 0 fully saturated rings. The third kappa shape index (κ3) is 3.92. The highest BCUT2D eigenvalue weighted by Crippen LogP contribution is 2.29. The predicted octanol–water partition coefficient (Wildman–Crippen LogP) is 2.58. The lowest BCUT2D eigenvalue weighted by molar-refractivity contribution is 0.392. The molecule has 0 radical (unpaired) electrons. The first-order valence-corrected chi connectivity index (χ1v) is 7.00. The first-order valence-electron chi connectivity index (χ1n) is 7.00. The summed E-state index contributed by atoms with van der Waals surface area (Å²) >= 11 is 0. The van der Waals surface area contributed by atoms with E-state index in [4.69, 9.17) is 9.47 Å². The molecule has 1 aromatic carbocycles. The highest BCUT2D eigenvalue weighted by Gasteiger charge is 2.17. The summed E-state index contributed by atoms with van der Waals surface area (Å²) in [5.41, 5.74) is 1.92. The van der Waals surface area contributed by atoms with Gasteiger partial charge in [0.05, 0.1) is 32.2 Å². The van der Waals surface area contributed by atoms with Gasteiger partial charge in [-0.1, -0.05) is 6.92 Å². The Morgan fingerprint density at radius 1 is 1.10 bits per heavy atom. The van der Waals surface area contributed by atoms with Crippen LogP contribution in [0.15, 0.2) is 36.8 Å². The van der Waals surface area contributed by atoms with E-state index in [-0.39, 0.29) is 6.04 Å². The Morgan fingerprint density at radius 3 is 2.33 bits per heavy atom. The number of hydrogen-bond acceptors (Lipinski definition) is 5. The van der Waals surface area contributed by atoms with E-state index in [1.807, 2.05) is 18.2 Å². The van der Waals surface area contributed by atoms with Gasteiger partial charge in [-0.05, 0) is 30.7 Å². The summed E-state index contributed by atoms with van der Waals surface area (Å²) in [7, 11) is 3.30.